The maximum atomic E-state index is 4.72. The monoisotopic (exact) mass is 269 g/mol. The van der Waals surface area contributed by atoms with Crippen molar-refractivity contribution in [2.45, 2.75) is 25.9 Å². The second-order valence-corrected chi connectivity index (χ2v) is 5.10. The minimum atomic E-state index is 0.146. The van der Waals surface area contributed by atoms with Crippen LogP contribution in [0.3, 0.4) is 0 Å². The third-order valence-corrected chi connectivity index (χ3v) is 3.64. The molecule has 5 heteroatoms. The molecule has 0 spiro atoms. The molecular formula is C15H19N5. The predicted molar refractivity (Wildman–Crippen MR) is 79.3 cm³/mol. The second-order valence-electron chi connectivity index (χ2n) is 5.10. The fraction of sp³-hybridized carbons (Fsp3) is 0.333. The van der Waals surface area contributed by atoms with Crippen molar-refractivity contribution in [1.29, 1.82) is 0 Å². The highest BCUT2D eigenvalue weighted by Crippen LogP contribution is 2.21. The van der Waals surface area contributed by atoms with Gasteiger partial charge in [0.15, 0.2) is 0 Å². The van der Waals surface area contributed by atoms with Crippen LogP contribution in [-0.4, -0.2) is 19.5 Å². The van der Waals surface area contributed by atoms with Crippen LogP contribution in [0.15, 0.2) is 36.7 Å². The van der Waals surface area contributed by atoms with Crippen LogP contribution in [0.25, 0.3) is 11.0 Å². The number of fused-ring (bicyclic) bond motifs is 1. The number of imidazole rings is 2. The Labute approximate surface area is 118 Å². The van der Waals surface area contributed by atoms with Gasteiger partial charge in [0.1, 0.15) is 11.6 Å². The lowest BCUT2D eigenvalue weighted by molar-refractivity contribution is 0.456. The number of rotatable bonds is 4. The Kier molecular flexibility index (Phi) is 3.28. The first-order valence-corrected chi connectivity index (χ1v) is 6.83. The topological polar surface area (TPSA) is 58.5 Å². The quantitative estimate of drug-likeness (QED) is 0.765. The first-order valence-electron chi connectivity index (χ1n) is 6.83. The number of aryl methyl sites for hydroxylation is 1. The van der Waals surface area contributed by atoms with E-state index < -0.39 is 0 Å². The number of para-hydroxylation sites is 2. The van der Waals surface area contributed by atoms with Gasteiger partial charge in [0.25, 0.3) is 0 Å². The average molecular weight is 269 g/mol. The Morgan fingerprint density at radius 1 is 1.20 bits per heavy atom. The molecule has 0 amide bonds. The maximum absolute atomic E-state index is 4.72. The van der Waals surface area contributed by atoms with E-state index in [0.717, 1.165) is 22.7 Å². The summed E-state index contributed by atoms with van der Waals surface area (Å²) in [6.07, 6.45) is 3.61. The molecule has 0 aliphatic heterocycles. The molecule has 3 rings (SSSR count). The van der Waals surface area contributed by atoms with Crippen LogP contribution in [0, 0.1) is 0 Å². The van der Waals surface area contributed by atoms with Crippen LogP contribution in [0.5, 0.6) is 0 Å². The van der Waals surface area contributed by atoms with E-state index in [-0.39, 0.29) is 12.1 Å². The Balaban J connectivity index is 1.85. The summed E-state index contributed by atoms with van der Waals surface area (Å²) < 4.78 is 2.14. The summed E-state index contributed by atoms with van der Waals surface area (Å²) in [6.45, 7) is 4.22. The summed E-state index contributed by atoms with van der Waals surface area (Å²) in [5, 5.41) is 3.52. The van der Waals surface area contributed by atoms with Gasteiger partial charge < -0.3 is 9.55 Å². The molecule has 2 atom stereocenters. The van der Waals surface area contributed by atoms with Gasteiger partial charge in [0.2, 0.25) is 0 Å². The minimum Gasteiger partial charge on any atom is -0.347 e. The third-order valence-electron chi connectivity index (χ3n) is 3.64. The van der Waals surface area contributed by atoms with Crippen LogP contribution in [0.2, 0.25) is 0 Å². The number of aromatic amines is 1. The zero-order chi connectivity index (χ0) is 14.1. The van der Waals surface area contributed by atoms with Gasteiger partial charge in [-0.1, -0.05) is 12.1 Å². The average Bonchev–Trinajstić information content (AvgIpc) is 3.07. The largest absolute Gasteiger partial charge is 0.347 e. The standard InChI is InChI=1S/C15H19N5/c1-10(14-16-8-9-17-14)18-11(2)15-19-12-6-4-5-7-13(12)20(15)3/h4-11,18H,1-3H3,(H,16,17). The first kappa shape index (κ1) is 12.9. The van der Waals surface area contributed by atoms with E-state index in [1.165, 1.54) is 0 Å². The van der Waals surface area contributed by atoms with Crippen molar-refractivity contribution in [2.75, 3.05) is 0 Å². The summed E-state index contributed by atoms with van der Waals surface area (Å²) in [7, 11) is 2.06. The number of benzene rings is 1. The van der Waals surface area contributed by atoms with Gasteiger partial charge in [-0.15, -0.1) is 0 Å². The van der Waals surface area contributed by atoms with E-state index in [2.05, 4.69) is 46.8 Å². The smallest absolute Gasteiger partial charge is 0.126 e. The van der Waals surface area contributed by atoms with E-state index in [1.807, 2.05) is 24.4 Å². The van der Waals surface area contributed by atoms with E-state index in [9.17, 15) is 0 Å². The molecule has 2 N–H and O–H groups in total. The first-order chi connectivity index (χ1) is 9.66. The van der Waals surface area contributed by atoms with Crippen LogP contribution in [-0.2, 0) is 7.05 Å². The molecule has 5 nitrogen and oxygen atoms in total. The molecule has 0 aliphatic rings. The van der Waals surface area contributed by atoms with Crippen molar-refractivity contribution >= 4 is 11.0 Å². The number of hydrogen-bond donors (Lipinski definition) is 2. The summed E-state index contributed by atoms with van der Waals surface area (Å²) in [4.78, 5) is 12.1. The number of nitrogens with one attached hydrogen (secondary N) is 2. The molecule has 0 saturated heterocycles. The van der Waals surface area contributed by atoms with Crippen LogP contribution >= 0.6 is 0 Å². The molecule has 0 fully saturated rings. The van der Waals surface area contributed by atoms with E-state index in [4.69, 9.17) is 4.98 Å². The number of aromatic nitrogens is 4. The molecule has 20 heavy (non-hydrogen) atoms. The number of H-pyrrole nitrogens is 1. The molecule has 1 aromatic carbocycles. The number of nitrogens with zero attached hydrogens (tertiary/aromatic N) is 3. The van der Waals surface area contributed by atoms with Crippen molar-refractivity contribution in [3.8, 4) is 0 Å². The van der Waals surface area contributed by atoms with Gasteiger partial charge in [-0.2, -0.15) is 0 Å². The molecule has 2 unspecified atom stereocenters. The molecule has 3 aromatic rings. The second kappa shape index (κ2) is 5.09. The number of hydrogen-bond acceptors (Lipinski definition) is 3. The highest BCUT2D eigenvalue weighted by Gasteiger charge is 2.17. The third kappa shape index (κ3) is 2.20. The van der Waals surface area contributed by atoms with Crippen molar-refractivity contribution in [1.82, 2.24) is 24.8 Å². The van der Waals surface area contributed by atoms with E-state index in [0.29, 0.717) is 0 Å². The van der Waals surface area contributed by atoms with Crippen molar-refractivity contribution in [3.63, 3.8) is 0 Å². The minimum absolute atomic E-state index is 0.146. The van der Waals surface area contributed by atoms with Crippen molar-refractivity contribution in [3.05, 3.63) is 48.3 Å². The van der Waals surface area contributed by atoms with E-state index >= 15 is 0 Å². The van der Waals surface area contributed by atoms with Crippen LogP contribution < -0.4 is 5.32 Å². The predicted octanol–water partition coefficient (Wildman–Crippen LogP) is 2.71. The van der Waals surface area contributed by atoms with Gasteiger partial charge in [0, 0.05) is 19.4 Å². The van der Waals surface area contributed by atoms with Crippen molar-refractivity contribution < 1.29 is 0 Å². The van der Waals surface area contributed by atoms with Gasteiger partial charge in [-0.25, -0.2) is 9.97 Å². The fourth-order valence-electron chi connectivity index (χ4n) is 2.59. The van der Waals surface area contributed by atoms with Crippen LogP contribution in [0.4, 0.5) is 0 Å². The maximum Gasteiger partial charge on any atom is 0.126 e. The molecule has 0 aliphatic carbocycles. The Morgan fingerprint density at radius 3 is 2.70 bits per heavy atom. The molecule has 104 valence electrons. The van der Waals surface area contributed by atoms with E-state index in [1.54, 1.807) is 6.20 Å². The molecule has 2 heterocycles. The van der Waals surface area contributed by atoms with Gasteiger partial charge in [-0.05, 0) is 26.0 Å². The molecule has 2 aromatic heterocycles. The fourth-order valence-corrected chi connectivity index (χ4v) is 2.59. The zero-order valence-electron chi connectivity index (χ0n) is 12.0. The SMILES string of the molecule is CC(NC(C)c1nc2ccccc2n1C)c1ncc[nH]1. The zero-order valence-corrected chi connectivity index (χ0v) is 12.0. The normalized spacial score (nSPS) is 14.6. The Hall–Kier alpha value is -2.14. The van der Waals surface area contributed by atoms with Crippen molar-refractivity contribution in [2.24, 2.45) is 7.05 Å². The van der Waals surface area contributed by atoms with Gasteiger partial charge in [0.05, 0.1) is 23.1 Å². The van der Waals surface area contributed by atoms with Gasteiger partial charge in [-0.3, -0.25) is 5.32 Å². The van der Waals surface area contributed by atoms with Crippen LogP contribution in [0.1, 0.15) is 37.6 Å². The molecule has 0 bridgehead atoms. The molecular weight excluding hydrogens is 250 g/mol. The lowest BCUT2D eigenvalue weighted by Crippen LogP contribution is -2.25. The molecule has 0 radical (unpaired) electrons. The lowest BCUT2D eigenvalue weighted by Gasteiger charge is -2.18. The Bertz CT molecular complexity index is 698. The lowest BCUT2D eigenvalue weighted by atomic mass is 10.2. The molecule has 0 saturated carbocycles. The summed E-state index contributed by atoms with van der Waals surface area (Å²) >= 11 is 0. The highest BCUT2D eigenvalue weighted by atomic mass is 15.1. The summed E-state index contributed by atoms with van der Waals surface area (Å²) in [6, 6.07) is 8.49. The highest BCUT2D eigenvalue weighted by molar-refractivity contribution is 5.75. The summed E-state index contributed by atoms with van der Waals surface area (Å²) in [5.41, 5.74) is 2.19. The van der Waals surface area contributed by atoms with Gasteiger partial charge >= 0.3 is 0 Å². The summed E-state index contributed by atoms with van der Waals surface area (Å²) in [5.74, 6) is 1.97. The Morgan fingerprint density at radius 2 is 2.00 bits per heavy atom.